The number of hydrogen-bond acceptors (Lipinski definition) is 3. The second kappa shape index (κ2) is 12.1. The zero-order valence-electron chi connectivity index (χ0n) is 20.9. The summed E-state index contributed by atoms with van der Waals surface area (Å²) in [5.41, 5.74) is 5.19. The monoisotopic (exact) mass is 476 g/mol. The molecule has 0 bridgehead atoms. The van der Waals surface area contributed by atoms with Crippen LogP contribution in [0.1, 0.15) is 35.1 Å². The lowest BCUT2D eigenvalue weighted by Gasteiger charge is -2.40. The van der Waals surface area contributed by atoms with E-state index in [2.05, 4.69) is 131 Å². The second-order valence-corrected chi connectivity index (χ2v) is 9.95. The topological polar surface area (TPSA) is 26.7 Å². The first-order valence-corrected chi connectivity index (χ1v) is 13.1. The van der Waals surface area contributed by atoms with Crippen molar-refractivity contribution in [1.82, 2.24) is 9.80 Å². The molecule has 1 N–H and O–H groups in total. The molecule has 1 fully saturated rings. The molecule has 184 valence electrons. The van der Waals surface area contributed by atoms with Crippen LogP contribution in [0.4, 0.5) is 0 Å². The summed E-state index contributed by atoms with van der Waals surface area (Å²) in [6, 6.07) is 43.1. The van der Waals surface area contributed by atoms with Crippen molar-refractivity contribution >= 4 is 0 Å². The minimum atomic E-state index is -0.350. The number of hydrogen-bond donors (Lipinski definition) is 1. The fourth-order valence-corrected chi connectivity index (χ4v) is 5.65. The summed E-state index contributed by atoms with van der Waals surface area (Å²) in [5.74, 6) is 0. The fourth-order valence-electron chi connectivity index (χ4n) is 5.65. The Balaban J connectivity index is 1.47. The molecule has 0 saturated heterocycles. The summed E-state index contributed by atoms with van der Waals surface area (Å²) in [5, 5.41) is 11.4. The van der Waals surface area contributed by atoms with Gasteiger partial charge in [-0.05, 0) is 35.1 Å². The van der Waals surface area contributed by atoms with Crippen LogP contribution in [0.25, 0.3) is 0 Å². The third kappa shape index (κ3) is 6.30. The molecule has 4 aromatic carbocycles. The van der Waals surface area contributed by atoms with E-state index in [-0.39, 0.29) is 18.2 Å². The van der Waals surface area contributed by atoms with E-state index in [1.807, 2.05) is 0 Å². The Bertz CT molecular complexity index is 1080. The van der Waals surface area contributed by atoms with Gasteiger partial charge in [0.25, 0.3) is 0 Å². The van der Waals surface area contributed by atoms with E-state index in [0.29, 0.717) is 0 Å². The van der Waals surface area contributed by atoms with E-state index in [1.54, 1.807) is 0 Å². The Morgan fingerprint density at radius 3 is 1.17 bits per heavy atom. The third-order valence-corrected chi connectivity index (χ3v) is 7.35. The molecular formula is C33H36N2O. The smallest absolute Gasteiger partial charge is 0.0711 e. The van der Waals surface area contributed by atoms with Gasteiger partial charge in [-0.2, -0.15) is 0 Å². The molecule has 0 amide bonds. The van der Waals surface area contributed by atoms with Gasteiger partial charge in [-0.25, -0.2) is 0 Å². The number of aliphatic hydroxyl groups excluding tert-OH is 1. The van der Waals surface area contributed by atoms with Gasteiger partial charge in [0.2, 0.25) is 0 Å². The van der Waals surface area contributed by atoms with Crippen molar-refractivity contribution in [2.45, 2.75) is 57.2 Å². The Kier molecular flexibility index (Phi) is 8.24. The first-order valence-electron chi connectivity index (χ1n) is 13.1. The van der Waals surface area contributed by atoms with E-state index in [4.69, 9.17) is 0 Å². The first kappa shape index (κ1) is 24.5. The van der Waals surface area contributed by atoms with Crippen LogP contribution in [0.15, 0.2) is 121 Å². The zero-order valence-corrected chi connectivity index (χ0v) is 20.9. The van der Waals surface area contributed by atoms with Gasteiger partial charge in [0.15, 0.2) is 0 Å². The van der Waals surface area contributed by atoms with Crippen molar-refractivity contribution in [3.05, 3.63) is 144 Å². The Hall–Kier alpha value is -3.24. The number of nitrogens with zero attached hydrogens (tertiary/aromatic N) is 2. The van der Waals surface area contributed by atoms with E-state index in [9.17, 15) is 5.11 Å². The van der Waals surface area contributed by atoms with Crippen LogP contribution in [0, 0.1) is 0 Å². The molecular weight excluding hydrogens is 440 g/mol. The summed E-state index contributed by atoms with van der Waals surface area (Å²) in [6.45, 7) is 3.37. The second-order valence-electron chi connectivity index (χ2n) is 9.95. The summed E-state index contributed by atoms with van der Waals surface area (Å²) in [6.07, 6.45) is 1.47. The van der Waals surface area contributed by atoms with Crippen molar-refractivity contribution in [3.8, 4) is 0 Å². The van der Waals surface area contributed by atoms with Gasteiger partial charge in [0.05, 0.1) is 12.1 Å². The molecule has 0 aromatic heterocycles. The molecule has 0 spiro atoms. The molecule has 1 saturated carbocycles. The van der Waals surface area contributed by atoms with E-state index in [0.717, 1.165) is 39.0 Å². The molecule has 3 atom stereocenters. The molecule has 0 radical (unpaired) electrons. The summed E-state index contributed by atoms with van der Waals surface area (Å²) in [4.78, 5) is 5.10. The Labute approximate surface area is 215 Å². The predicted octanol–water partition coefficient (Wildman–Crippen LogP) is 6.28. The summed E-state index contributed by atoms with van der Waals surface area (Å²) < 4.78 is 0. The van der Waals surface area contributed by atoms with Gasteiger partial charge in [-0.3, -0.25) is 9.80 Å². The molecule has 36 heavy (non-hydrogen) atoms. The van der Waals surface area contributed by atoms with Crippen molar-refractivity contribution < 1.29 is 5.11 Å². The number of benzene rings is 4. The SMILES string of the molecule is OC1CCC(N(Cc2ccccc2)Cc2ccccc2)C1N(Cc1ccccc1)Cc1ccccc1. The molecule has 0 aliphatic heterocycles. The first-order chi connectivity index (χ1) is 17.8. The normalized spacial score (nSPS) is 19.7. The molecule has 3 heteroatoms. The van der Waals surface area contributed by atoms with Crippen LogP contribution < -0.4 is 0 Å². The number of rotatable bonds is 10. The molecule has 1 aliphatic carbocycles. The minimum Gasteiger partial charge on any atom is -0.391 e. The van der Waals surface area contributed by atoms with E-state index < -0.39 is 0 Å². The van der Waals surface area contributed by atoms with Gasteiger partial charge in [0.1, 0.15) is 0 Å². The molecule has 0 heterocycles. The molecule has 3 unspecified atom stereocenters. The van der Waals surface area contributed by atoms with Crippen LogP contribution >= 0.6 is 0 Å². The molecule has 1 aliphatic rings. The highest BCUT2D eigenvalue weighted by molar-refractivity contribution is 5.20. The van der Waals surface area contributed by atoms with Crippen LogP contribution in [-0.4, -0.2) is 33.1 Å². The maximum absolute atomic E-state index is 11.4. The van der Waals surface area contributed by atoms with Crippen LogP contribution in [0.5, 0.6) is 0 Å². The summed E-state index contributed by atoms with van der Waals surface area (Å²) >= 11 is 0. The lowest BCUT2D eigenvalue weighted by molar-refractivity contribution is 0.0149. The fraction of sp³-hybridized carbons (Fsp3) is 0.273. The third-order valence-electron chi connectivity index (χ3n) is 7.35. The highest BCUT2D eigenvalue weighted by Crippen LogP contribution is 2.33. The zero-order chi connectivity index (χ0) is 24.6. The lowest BCUT2D eigenvalue weighted by Crippen LogP contribution is -2.52. The maximum atomic E-state index is 11.4. The van der Waals surface area contributed by atoms with Gasteiger partial charge < -0.3 is 5.11 Å². The largest absolute Gasteiger partial charge is 0.391 e. The average Bonchev–Trinajstić information content (AvgIpc) is 3.31. The maximum Gasteiger partial charge on any atom is 0.0711 e. The molecule has 4 aromatic rings. The molecule has 5 rings (SSSR count). The predicted molar refractivity (Wildman–Crippen MR) is 147 cm³/mol. The van der Waals surface area contributed by atoms with Gasteiger partial charge >= 0.3 is 0 Å². The quantitative estimate of drug-likeness (QED) is 0.292. The van der Waals surface area contributed by atoms with Gasteiger partial charge in [-0.15, -0.1) is 0 Å². The lowest BCUT2D eigenvalue weighted by atomic mass is 10.0. The van der Waals surface area contributed by atoms with E-state index >= 15 is 0 Å². The van der Waals surface area contributed by atoms with Crippen LogP contribution in [-0.2, 0) is 26.2 Å². The Morgan fingerprint density at radius 2 is 0.806 bits per heavy atom. The molecule has 3 nitrogen and oxygen atoms in total. The standard InChI is InChI=1S/C33H36N2O/c36-32-22-21-31(34(23-27-13-5-1-6-14-27)24-28-15-7-2-8-16-28)33(32)35(25-29-17-9-3-10-18-29)26-30-19-11-4-12-20-30/h1-20,31-33,36H,21-26H2. The Morgan fingerprint density at radius 1 is 0.472 bits per heavy atom. The van der Waals surface area contributed by atoms with Crippen LogP contribution in [0.3, 0.4) is 0 Å². The van der Waals surface area contributed by atoms with Gasteiger partial charge in [-0.1, -0.05) is 121 Å². The van der Waals surface area contributed by atoms with Crippen molar-refractivity contribution in [2.24, 2.45) is 0 Å². The highest BCUT2D eigenvalue weighted by Gasteiger charge is 2.42. The van der Waals surface area contributed by atoms with Crippen LogP contribution in [0.2, 0.25) is 0 Å². The van der Waals surface area contributed by atoms with Gasteiger partial charge in [0, 0.05) is 32.2 Å². The van der Waals surface area contributed by atoms with Crippen molar-refractivity contribution in [3.63, 3.8) is 0 Å². The minimum absolute atomic E-state index is 0.0536. The number of aliphatic hydroxyl groups is 1. The van der Waals surface area contributed by atoms with Crippen molar-refractivity contribution in [2.75, 3.05) is 0 Å². The average molecular weight is 477 g/mol. The summed E-state index contributed by atoms with van der Waals surface area (Å²) in [7, 11) is 0. The van der Waals surface area contributed by atoms with Crippen molar-refractivity contribution in [1.29, 1.82) is 0 Å². The van der Waals surface area contributed by atoms with E-state index in [1.165, 1.54) is 22.3 Å². The highest BCUT2D eigenvalue weighted by atomic mass is 16.3.